The molecule has 0 saturated carbocycles. The van der Waals surface area contributed by atoms with E-state index in [0.29, 0.717) is 31.4 Å². The van der Waals surface area contributed by atoms with Crippen LogP contribution in [0.2, 0.25) is 5.02 Å². The van der Waals surface area contributed by atoms with Crippen LogP contribution >= 0.6 is 11.6 Å². The number of benzene rings is 2. The molecule has 2 N–H and O–H groups in total. The van der Waals surface area contributed by atoms with Crippen molar-refractivity contribution in [1.82, 2.24) is 4.31 Å². The maximum absolute atomic E-state index is 13.4. The lowest BCUT2D eigenvalue weighted by Gasteiger charge is -2.24. The first-order valence-electron chi connectivity index (χ1n) is 9.53. The van der Waals surface area contributed by atoms with Crippen molar-refractivity contribution in [2.45, 2.75) is 36.2 Å². The molecule has 0 spiro atoms. The van der Waals surface area contributed by atoms with Crippen molar-refractivity contribution in [3.63, 3.8) is 0 Å². The summed E-state index contributed by atoms with van der Waals surface area (Å²) in [6.45, 7) is -0.117. The molecule has 4 rings (SSSR count). The van der Waals surface area contributed by atoms with Gasteiger partial charge in [0.15, 0.2) is 17.5 Å². The summed E-state index contributed by atoms with van der Waals surface area (Å²) in [6.07, 6.45) is 1.87. The smallest absolute Gasteiger partial charge is 0.255 e. The van der Waals surface area contributed by atoms with Gasteiger partial charge in [-0.2, -0.15) is 4.31 Å². The van der Waals surface area contributed by atoms with Crippen LogP contribution < -0.4 is 5.32 Å². The summed E-state index contributed by atoms with van der Waals surface area (Å²) in [5.41, 5.74) is -0.442. The van der Waals surface area contributed by atoms with Crippen LogP contribution in [0.15, 0.2) is 35.2 Å². The Kier molecular flexibility index (Phi) is 5.76. The number of carbonyl (C=O) groups is 1. The zero-order valence-electron chi connectivity index (χ0n) is 16.0. The molecule has 3 unspecified atom stereocenters. The molecule has 2 fully saturated rings. The van der Waals surface area contributed by atoms with Gasteiger partial charge in [-0.15, -0.1) is 0 Å². The van der Waals surface area contributed by atoms with Crippen molar-refractivity contribution in [3.8, 4) is 0 Å². The lowest BCUT2D eigenvalue weighted by molar-refractivity contribution is 0.102. The van der Waals surface area contributed by atoms with Crippen LogP contribution in [0.25, 0.3) is 0 Å². The second kappa shape index (κ2) is 8.09. The highest BCUT2D eigenvalue weighted by molar-refractivity contribution is 7.89. The molecule has 6 nitrogen and oxygen atoms in total. The fraction of sp³-hybridized carbons (Fsp3) is 0.350. The van der Waals surface area contributed by atoms with Crippen molar-refractivity contribution < 1.29 is 31.5 Å². The Bertz CT molecular complexity index is 1140. The minimum atomic E-state index is -4.06. The minimum Gasteiger partial charge on any atom is -0.396 e. The van der Waals surface area contributed by atoms with E-state index in [4.69, 9.17) is 11.6 Å². The molecule has 31 heavy (non-hydrogen) atoms. The standard InChI is InChI=1S/C20H18ClF3N2O4S/c21-14-3-1-10(20(28)25-12-7-15(22)19(24)16(23)8-12)6-18(14)31(29,30)26-13-2-4-17(26)11(5-13)9-27/h1,3,6-8,11,13,17,27H,2,4-5,9H2,(H,25,28). The Hall–Kier alpha value is -2.14. The number of nitrogens with zero attached hydrogens (tertiary/aromatic N) is 1. The number of hydrogen-bond donors (Lipinski definition) is 2. The van der Waals surface area contributed by atoms with E-state index in [0.717, 1.165) is 6.07 Å². The van der Waals surface area contributed by atoms with Gasteiger partial charge in [0.2, 0.25) is 10.0 Å². The molecule has 2 aromatic rings. The van der Waals surface area contributed by atoms with Crippen molar-refractivity contribution >= 4 is 33.2 Å². The first-order chi connectivity index (χ1) is 14.6. The van der Waals surface area contributed by atoms with Crippen LogP contribution in [-0.4, -0.2) is 42.4 Å². The quantitative estimate of drug-likeness (QED) is 0.649. The Morgan fingerprint density at radius 3 is 2.45 bits per heavy atom. The Balaban J connectivity index is 1.64. The van der Waals surface area contributed by atoms with Gasteiger partial charge in [-0.1, -0.05) is 11.6 Å². The van der Waals surface area contributed by atoms with E-state index >= 15 is 0 Å². The van der Waals surface area contributed by atoms with E-state index in [1.54, 1.807) is 0 Å². The van der Waals surface area contributed by atoms with Crippen LogP contribution in [0, 0.1) is 23.4 Å². The van der Waals surface area contributed by atoms with Gasteiger partial charge in [0.1, 0.15) is 4.90 Å². The van der Waals surface area contributed by atoms with Gasteiger partial charge in [-0.25, -0.2) is 21.6 Å². The number of hydrogen-bond acceptors (Lipinski definition) is 4. The molecule has 2 aliphatic heterocycles. The number of nitrogens with one attached hydrogen (secondary N) is 1. The predicted molar refractivity (Wildman–Crippen MR) is 107 cm³/mol. The monoisotopic (exact) mass is 474 g/mol. The number of amides is 1. The average molecular weight is 475 g/mol. The van der Waals surface area contributed by atoms with Gasteiger partial charge in [-0.3, -0.25) is 4.79 Å². The van der Waals surface area contributed by atoms with Gasteiger partial charge >= 0.3 is 0 Å². The van der Waals surface area contributed by atoms with E-state index in [1.165, 1.54) is 16.4 Å². The molecule has 11 heteroatoms. The van der Waals surface area contributed by atoms with Crippen molar-refractivity contribution in [2.75, 3.05) is 11.9 Å². The molecule has 3 atom stereocenters. The molecule has 0 aromatic heterocycles. The van der Waals surface area contributed by atoms with Crippen molar-refractivity contribution in [1.29, 1.82) is 0 Å². The molecular weight excluding hydrogens is 457 g/mol. The molecule has 2 aromatic carbocycles. The van der Waals surface area contributed by atoms with Crippen LogP contribution in [0.3, 0.4) is 0 Å². The summed E-state index contributed by atoms with van der Waals surface area (Å²) in [5.74, 6) is -5.62. The van der Waals surface area contributed by atoms with Gasteiger partial charge in [0.25, 0.3) is 5.91 Å². The number of anilines is 1. The van der Waals surface area contributed by atoms with Gasteiger partial charge < -0.3 is 10.4 Å². The highest BCUT2D eigenvalue weighted by Gasteiger charge is 2.52. The number of rotatable bonds is 5. The normalized spacial score (nSPS) is 23.3. The number of fused-ring (bicyclic) bond motifs is 2. The fourth-order valence-corrected chi connectivity index (χ4v) is 6.86. The fourth-order valence-electron chi connectivity index (χ4n) is 4.42. The molecule has 2 bridgehead atoms. The van der Waals surface area contributed by atoms with Crippen LogP contribution in [-0.2, 0) is 10.0 Å². The van der Waals surface area contributed by atoms with Crippen molar-refractivity contribution in [2.24, 2.45) is 5.92 Å². The second-order valence-corrected chi connectivity index (χ2v) is 9.88. The van der Waals surface area contributed by atoms with Gasteiger partial charge in [0.05, 0.1) is 5.02 Å². The lowest BCUT2D eigenvalue weighted by Crippen LogP contribution is -2.37. The first kappa shape index (κ1) is 22.1. The number of aliphatic hydroxyl groups is 1. The average Bonchev–Trinajstić information content (AvgIpc) is 3.31. The molecule has 2 aliphatic rings. The third-order valence-corrected chi connectivity index (χ3v) is 8.29. The predicted octanol–water partition coefficient (Wildman–Crippen LogP) is 3.54. The molecule has 1 amide bonds. The summed E-state index contributed by atoms with van der Waals surface area (Å²) in [7, 11) is -4.06. The van der Waals surface area contributed by atoms with E-state index in [1.807, 2.05) is 0 Å². The minimum absolute atomic E-state index is 0.0812. The Labute approximate surface area is 181 Å². The van der Waals surface area contributed by atoms with Crippen LogP contribution in [0.4, 0.5) is 18.9 Å². The number of halogens is 4. The molecule has 2 saturated heterocycles. The zero-order chi connectivity index (χ0) is 22.5. The maximum atomic E-state index is 13.4. The summed E-state index contributed by atoms with van der Waals surface area (Å²) in [4.78, 5) is 12.3. The summed E-state index contributed by atoms with van der Waals surface area (Å²) < 4.78 is 67.9. The maximum Gasteiger partial charge on any atom is 0.255 e. The SMILES string of the molecule is O=C(Nc1cc(F)c(F)c(F)c1)c1ccc(Cl)c(S(=O)(=O)N2C3CCC2C(CO)C3)c1. The summed E-state index contributed by atoms with van der Waals surface area (Å²) in [5, 5.41) is 11.7. The first-order valence-corrected chi connectivity index (χ1v) is 11.3. The van der Waals surface area contributed by atoms with E-state index < -0.39 is 33.4 Å². The Morgan fingerprint density at radius 1 is 1.16 bits per heavy atom. The molecular formula is C20H18ClF3N2O4S. The van der Waals surface area contributed by atoms with Gasteiger partial charge in [-0.05, 0) is 37.5 Å². The number of carbonyl (C=O) groups excluding carboxylic acids is 1. The molecule has 166 valence electrons. The third-order valence-electron chi connectivity index (χ3n) is 5.83. The number of aliphatic hydroxyl groups excluding tert-OH is 1. The van der Waals surface area contributed by atoms with Crippen molar-refractivity contribution in [3.05, 3.63) is 58.4 Å². The van der Waals surface area contributed by atoms with Crippen LogP contribution in [0.1, 0.15) is 29.6 Å². The molecule has 0 radical (unpaired) electrons. The summed E-state index contributed by atoms with van der Waals surface area (Å²) in [6, 6.07) is 4.25. The zero-order valence-corrected chi connectivity index (χ0v) is 17.6. The highest BCUT2D eigenvalue weighted by atomic mass is 35.5. The summed E-state index contributed by atoms with van der Waals surface area (Å²) >= 11 is 6.14. The van der Waals surface area contributed by atoms with E-state index in [2.05, 4.69) is 5.32 Å². The lowest BCUT2D eigenvalue weighted by atomic mass is 9.90. The van der Waals surface area contributed by atoms with Crippen LogP contribution in [0.5, 0.6) is 0 Å². The van der Waals surface area contributed by atoms with Gasteiger partial charge in [0, 0.05) is 48.0 Å². The molecule has 2 heterocycles. The largest absolute Gasteiger partial charge is 0.396 e. The van der Waals surface area contributed by atoms with E-state index in [9.17, 15) is 31.5 Å². The van der Waals surface area contributed by atoms with E-state index in [-0.39, 0.29) is 45.8 Å². The topological polar surface area (TPSA) is 86.7 Å². The third kappa shape index (κ3) is 3.82. The number of sulfonamides is 1. The highest BCUT2D eigenvalue weighted by Crippen LogP contribution is 2.45. The second-order valence-electron chi connectivity index (χ2n) is 7.67. The Morgan fingerprint density at radius 2 is 1.84 bits per heavy atom. The molecule has 0 aliphatic carbocycles.